The fourth-order valence-electron chi connectivity index (χ4n) is 4.55. The summed E-state index contributed by atoms with van der Waals surface area (Å²) in [6.45, 7) is 6.63. The highest BCUT2D eigenvalue weighted by Crippen LogP contribution is 2.34. The number of aromatic nitrogens is 1. The number of rotatable bonds is 3. The molecule has 2 aliphatic heterocycles. The number of hydrogen-bond acceptors (Lipinski definition) is 3. The number of ether oxygens (including phenoxy) is 1. The van der Waals surface area contributed by atoms with Gasteiger partial charge in [0, 0.05) is 38.6 Å². The predicted molar refractivity (Wildman–Crippen MR) is 112 cm³/mol. The lowest BCUT2D eigenvalue weighted by Crippen LogP contribution is -2.46. The first-order chi connectivity index (χ1) is 13.5. The molecular weight excluding hydrogens is 352 g/mol. The Morgan fingerprint density at radius 3 is 2.57 bits per heavy atom. The standard InChI is InChI=1S/C22H30N4O2/c1-16-14-25(15-17(2)28-16)19-9-5-4-8-18(19)23-22(27)26-13-7-11-21(26)20-10-6-12-24(20)3/h4-6,8-10,12,16-17,21H,7,11,13-15H2,1-3H3,(H,23,27). The zero-order valence-electron chi connectivity index (χ0n) is 17.0. The Hall–Kier alpha value is -2.47. The number of aryl methyl sites for hydroxylation is 1. The summed E-state index contributed by atoms with van der Waals surface area (Å²) in [5.74, 6) is 0. The van der Waals surface area contributed by atoms with Gasteiger partial charge in [-0.15, -0.1) is 0 Å². The number of morpholine rings is 1. The molecule has 2 aliphatic rings. The third kappa shape index (κ3) is 3.74. The van der Waals surface area contributed by atoms with Crippen LogP contribution in [0.2, 0.25) is 0 Å². The van der Waals surface area contributed by atoms with E-state index < -0.39 is 0 Å². The van der Waals surface area contributed by atoms with Crippen LogP contribution in [0.25, 0.3) is 0 Å². The fourth-order valence-corrected chi connectivity index (χ4v) is 4.55. The van der Waals surface area contributed by atoms with Crippen LogP contribution in [0.15, 0.2) is 42.6 Å². The lowest BCUT2D eigenvalue weighted by atomic mass is 10.1. The lowest BCUT2D eigenvalue weighted by Gasteiger charge is -2.38. The van der Waals surface area contributed by atoms with Gasteiger partial charge < -0.3 is 24.4 Å². The molecule has 3 unspecified atom stereocenters. The van der Waals surface area contributed by atoms with Crippen LogP contribution in [0.5, 0.6) is 0 Å². The number of anilines is 2. The summed E-state index contributed by atoms with van der Waals surface area (Å²) < 4.78 is 7.98. The molecule has 0 saturated carbocycles. The molecule has 0 bridgehead atoms. The van der Waals surface area contributed by atoms with E-state index in [1.165, 1.54) is 5.69 Å². The van der Waals surface area contributed by atoms with Gasteiger partial charge in [0.1, 0.15) is 0 Å². The van der Waals surface area contributed by atoms with Crippen LogP contribution in [0.1, 0.15) is 38.4 Å². The van der Waals surface area contributed by atoms with Gasteiger partial charge in [-0.2, -0.15) is 0 Å². The smallest absolute Gasteiger partial charge is 0.322 e. The Morgan fingerprint density at radius 2 is 1.86 bits per heavy atom. The van der Waals surface area contributed by atoms with E-state index in [1.807, 2.05) is 42.4 Å². The molecule has 6 heteroatoms. The summed E-state index contributed by atoms with van der Waals surface area (Å²) in [5, 5.41) is 3.19. The second kappa shape index (κ2) is 7.87. The number of nitrogens with one attached hydrogen (secondary N) is 1. The molecule has 28 heavy (non-hydrogen) atoms. The first-order valence-electron chi connectivity index (χ1n) is 10.2. The van der Waals surface area contributed by atoms with E-state index in [2.05, 4.69) is 40.8 Å². The van der Waals surface area contributed by atoms with Gasteiger partial charge in [0.2, 0.25) is 0 Å². The first kappa shape index (κ1) is 18.9. The molecule has 2 aromatic rings. The number of para-hydroxylation sites is 2. The number of hydrogen-bond donors (Lipinski definition) is 1. The van der Waals surface area contributed by atoms with E-state index in [0.717, 1.165) is 43.9 Å². The normalized spacial score (nSPS) is 25.2. The molecule has 2 saturated heterocycles. The molecule has 2 fully saturated rings. The van der Waals surface area contributed by atoms with E-state index in [4.69, 9.17) is 4.74 Å². The average molecular weight is 383 g/mol. The Labute approximate surface area is 167 Å². The van der Waals surface area contributed by atoms with E-state index in [9.17, 15) is 4.79 Å². The van der Waals surface area contributed by atoms with E-state index in [0.29, 0.717) is 0 Å². The predicted octanol–water partition coefficient (Wildman–Crippen LogP) is 4.01. The van der Waals surface area contributed by atoms with Crippen molar-refractivity contribution in [1.82, 2.24) is 9.47 Å². The Kier molecular flexibility index (Phi) is 5.31. The van der Waals surface area contributed by atoms with Gasteiger partial charge in [0.15, 0.2) is 0 Å². The Bertz CT molecular complexity index is 823. The molecule has 2 amide bonds. The zero-order valence-corrected chi connectivity index (χ0v) is 17.0. The van der Waals surface area contributed by atoms with Crippen LogP contribution in [-0.4, -0.2) is 47.3 Å². The van der Waals surface area contributed by atoms with Crippen molar-refractivity contribution in [1.29, 1.82) is 0 Å². The first-order valence-corrected chi connectivity index (χ1v) is 10.2. The highest BCUT2D eigenvalue weighted by atomic mass is 16.5. The van der Waals surface area contributed by atoms with Gasteiger partial charge in [0.25, 0.3) is 0 Å². The highest BCUT2D eigenvalue weighted by molar-refractivity contribution is 5.93. The molecule has 6 nitrogen and oxygen atoms in total. The number of amides is 2. The summed E-state index contributed by atoms with van der Waals surface area (Å²) in [5.41, 5.74) is 3.12. The molecular formula is C22H30N4O2. The van der Waals surface area contributed by atoms with Crippen molar-refractivity contribution < 1.29 is 9.53 Å². The van der Waals surface area contributed by atoms with Gasteiger partial charge in [-0.3, -0.25) is 0 Å². The molecule has 1 aromatic heterocycles. The quantitative estimate of drug-likeness (QED) is 0.873. The second-order valence-electron chi connectivity index (χ2n) is 8.00. The van der Waals surface area contributed by atoms with Crippen LogP contribution in [-0.2, 0) is 11.8 Å². The third-order valence-corrected chi connectivity index (χ3v) is 5.74. The second-order valence-corrected chi connectivity index (χ2v) is 8.00. The lowest BCUT2D eigenvalue weighted by molar-refractivity contribution is -0.00517. The molecule has 4 rings (SSSR count). The van der Waals surface area contributed by atoms with Crippen molar-refractivity contribution in [2.45, 2.75) is 44.9 Å². The van der Waals surface area contributed by atoms with Crippen molar-refractivity contribution >= 4 is 17.4 Å². The molecule has 150 valence electrons. The van der Waals surface area contributed by atoms with Gasteiger partial charge >= 0.3 is 6.03 Å². The van der Waals surface area contributed by atoms with E-state index in [1.54, 1.807) is 0 Å². The molecule has 0 radical (unpaired) electrons. The minimum Gasteiger partial charge on any atom is -0.372 e. The maximum Gasteiger partial charge on any atom is 0.322 e. The number of carbonyl (C=O) groups is 1. The Balaban J connectivity index is 1.53. The number of nitrogens with zero attached hydrogens (tertiary/aromatic N) is 3. The van der Waals surface area contributed by atoms with Gasteiger partial charge in [-0.05, 0) is 51.0 Å². The number of benzene rings is 1. The third-order valence-electron chi connectivity index (χ3n) is 5.74. The molecule has 0 aliphatic carbocycles. The summed E-state index contributed by atoms with van der Waals surface area (Å²) in [6.07, 6.45) is 4.43. The van der Waals surface area contributed by atoms with Crippen LogP contribution >= 0.6 is 0 Å². The van der Waals surface area contributed by atoms with E-state index in [-0.39, 0.29) is 24.3 Å². The van der Waals surface area contributed by atoms with Gasteiger partial charge in [0.05, 0.1) is 29.6 Å². The SMILES string of the molecule is CC1CN(c2ccccc2NC(=O)N2CCCC2c2cccn2C)CC(C)O1. The summed E-state index contributed by atoms with van der Waals surface area (Å²) in [4.78, 5) is 17.4. The molecule has 3 heterocycles. The summed E-state index contributed by atoms with van der Waals surface area (Å²) >= 11 is 0. The Morgan fingerprint density at radius 1 is 1.11 bits per heavy atom. The maximum atomic E-state index is 13.2. The minimum atomic E-state index is -0.0227. The largest absolute Gasteiger partial charge is 0.372 e. The number of carbonyl (C=O) groups excluding carboxylic acids is 1. The molecule has 1 aromatic carbocycles. The van der Waals surface area contributed by atoms with Crippen LogP contribution < -0.4 is 10.2 Å². The van der Waals surface area contributed by atoms with Crippen molar-refractivity contribution in [3.8, 4) is 0 Å². The molecule has 3 atom stereocenters. The van der Waals surface area contributed by atoms with Crippen molar-refractivity contribution in [2.24, 2.45) is 7.05 Å². The van der Waals surface area contributed by atoms with Crippen molar-refractivity contribution in [2.75, 3.05) is 29.9 Å². The maximum absolute atomic E-state index is 13.2. The van der Waals surface area contributed by atoms with E-state index >= 15 is 0 Å². The monoisotopic (exact) mass is 382 g/mol. The summed E-state index contributed by atoms with van der Waals surface area (Å²) in [7, 11) is 2.04. The fraction of sp³-hybridized carbons (Fsp3) is 0.500. The zero-order chi connectivity index (χ0) is 19.7. The van der Waals surface area contributed by atoms with Crippen LogP contribution in [0.3, 0.4) is 0 Å². The van der Waals surface area contributed by atoms with Gasteiger partial charge in [-0.25, -0.2) is 4.79 Å². The van der Waals surface area contributed by atoms with Crippen LogP contribution in [0, 0.1) is 0 Å². The molecule has 0 spiro atoms. The number of urea groups is 1. The van der Waals surface area contributed by atoms with Crippen molar-refractivity contribution in [3.63, 3.8) is 0 Å². The van der Waals surface area contributed by atoms with Gasteiger partial charge in [-0.1, -0.05) is 12.1 Å². The van der Waals surface area contributed by atoms with Crippen LogP contribution in [0.4, 0.5) is 16.2 Å². The van der Waals surface area contributed by atoms with Crippen molar-refractivity contribution in [3.05, 3.63) is 48.3 Å². The minimum absolute atomic E-state index is 0.0227. The highest BCUT2D eigenvalue weighted by Gasteiger charge is 2.32. The number of likely N-dealkylation sites (tertiary alicyclic amines) is 1. The molecule has 1 N–H and O–H groups in total. The summed E-state index contributed by atoms with van der Waals surface area (Å²) in [6, 6.07) is 12.3. The topological polar surface area (TPSA) is 49.7 Å². The average Bonchev–Trinajstić information content (AvgIpc) is 3.29.